The zero-order valence-corrected chi connectivity index (χ0v) is 17.3. The molecule has 29 heavy (non-hydrogen) atoms. The Balaban J connectivity index is 2.16. The molecule has 2 aromatic rings. The summed E-state index contributed by atoms with van der Waals surface area (Å²) in [7, 11) is 7.70. The number of nitrogens with one attached hydrogen (secondary N) is 1. The molecule has 8 nitrogen and oxygen atoms in total. The van der Waals surface area contributed by atoms with E-state index >= 15 is 0 Å². The Morgan fingerprint density at radius 1 is 0.793 bits per heavy atom. The molecular weight excluding hydrogens is 378 g/mol. The summed E-state index contributed by atoms with van der Waals surface area (Å²) in [5.41, 5.74) is 2.63. The normalized spacial score (nSPS) is 15.4. The quantitative estimate of drug-likeness (QED) is 0.605. The molecule has 1 unspecified atom stereocenters. The van der Waals surface area contributed by atoms with Crippen molar-refractivity contribution in [3.63, 3.8) is 0 Å². The molecule has 1 heterocycles. The number of phenolic OH excluding ortho intramolecular Hbond substituents is 2. The zero-order chi connectivity index (χ0) is 21.1. The first-order chi connectivity index (χ1) is 14.0. The average molecular weight is 405 g/mol. The van der Waals surface area contributed by atoms with Gasteiger partial charge in [-0.2, -0.15) is 0 Å². The number of methoxy groups -OCH3 is 5. The van der Waals surface area contributed by atoms with Gasteiger partial charge in [0.1, 0.15) is 0 Å². The van der Waals surface area contributed by atoms with Crippen LogP contribution in [0.5, 0.6) is 40.2 Å². The predicted molar refractivity (Wildman–Crippen MR) is 107 cm³/mol. The van der Waals surface area contributed by atoms with E-state index in [2.05, 4.69) is 5.32 Å². The lowest BCUT2D eigenvalue weighted by molar-refractivity contribution is 0.285. The summed E-state index contributed by atoms with van der Waals surface area (Å²) in [6.07, 6.45) is 1.23. The van der Waals surface area contributed by atoms with E-state index in [1.807, 2.05) is 0 Å². The summed E-state index contributed by atoms with van der Waals surface area (Å²) < 4.78 is 27.9. The second-order valence-corrected chi connectivity index (χ2v) is 6.65. The Morgan fingerprint density at radius 3 is 1.79 bits per heavy atom. The van der Waals surface area contributed by atoms with Crippen LogP contribution in [0.2, 0.25) is 0 Å². The first-order valence-corrected chi connectivity index (χ1v) is 9.21. The number of benzene rings is 2. The van der Waals surface area contributed by atoms with E-state index in [0.29, 0.717) is 35.2 Å². The van der Waals surface area contributed by atoms with Crippen molar-refractivity contribution in [2.75, 3.05) is 42.1 Å². The highest BCUT2D eigenvalue weighted by atomic mass is 16.6. The highest BCUT2D eigenvalue weighted by molar-refractivity contribution is 5.70. The third-order valence-electron chi connectivity index (χ3n) is 5.20. The molecule has 3 N–H and O–H groups in total. The molecule has 3 rings (SSSR count). The smallest absolute Gasteiger partial charge is 0.211 e. The van der Waals surface area contributed by atoms with Crippen molar-refractivity contribution < 1.29 is 33.9 Å². The van der Waals surface area contributed by atoms with Crippen LogP contribution in [-0.4, -0.2) is 52.3 Å². The van der Waals surface area contributed by atoms with E-state index in [4.69, 9.17) is 23.7 Å². The van der Waals surface area contributed by atoms with Crippen LogP contribution in [0, 0.1) is 0 Å². The highest BCUT2D eigenvalue weighted by Crippen LogP contribution is 2.54. The van der Waals surface area contributed by atoms with Crippen molar-refractivity contribution in [2.45, 2.75) is 18.9 Å². The van der Waals surface area contributed by atoms with Crippen LogP contribution in [0.1, 0.15) is 22.7 Å². The molecule has 0 fully saturated rings. The molecule has 0 aromatic heterocycles. The molecule has 0 bridgehead atoms. The van der Waals surface area contributed by atoms with Gasteiger partial charge in [0.05, 0.1) is 35.5 Å². The van der Waals surface area contributed by atoms with Crippen LogP contribution < -0.4 is 29.0 Å². The summed E-state index contributed by atoms with van der Waals surface area (Å²) in [5.74, 6) is 1.90. The minimum Gasteiger partial charge on any atom is -0.504 e. The lowest BCUT2D eigenvalue weighted by Gasteiger charge is -2.29. The fraction of sp³-hybridized carbons (Fsp3) is 0.429. The molecule has 1 aliphatic heterocycles. The second kappa shape index (κ2) is 8.57. The van der Waals surface area contributed by atoms with Gasteiger partial charge in [0.15, 0.2) is 23.0 Å². The van der Waals surface area contributed by atoms with Crippen molar-refractivity contribution in [1.82, 2.24) is 5.32 Å². The summed E-state index contributed by atoms with van der Waals surface area (Å²) in [6, 6.07) is 3.07. The molecule has 158 valence electrons. The standard InChI is InChI=1S/C21H27NO7/c1-25-17-13(18(26-2)20(28-4)21(29-5)19(17)27-3)9-14-12-10-16(24)15(23)8-11(12)6-7-22-14/h8,10,14,22-24H,6-7,9H2,1-5H3. The molecule has 2 aromatic carbocycles. The molecule has 0 amide bonds. The van der Waals surface area contributed by atoms with Gasteiger partial charge in [-0.15, -0.1) is 0 Å². The Hall–Kier alpha value is -3.00. The number of fused-ring (bicyclic) bond motifs is 1. The van der Waals surface area contributed by atoms with Gasteiger partial charge in [0, 0.05) is 11.6 Å². The van der Waals surface area contributed by atoms with Crippen molar-refractivity contribution in [1.29, 1.82) is 0 Å². The van der Waals surface area contributed by atoms with Gasteiger partial charge >= 0.3 is 0 Å². The minimum atomic E-state index is -0.152. The van der Waals surface area contributed by atoms with E-state index in [-0.39, 0.29) is 17.5 Å². The second-order valence-electron chi connectivity index (χ2n) is 6.65. The summed E-state index contributed by atoms with van der Waals surface area (Å²) in [5, 5.41) is 23.3. The van der Waals surface area contributed by atoms with Crippen LogP contribution in [0.25, 0.3) is 0 Å². The highest BCUT2D eigenvalue weighted by Gasteiger charge is 2.31. The molecule has 0 saturated heterocycles. The first-order valence-electron chi connectivity index (χ1n) is 9.21. The SMILES string of the molecule is COc1c(CC2NCCc3cc(O)c(O)cc32)c(OC)c(OC)c(OC)c1OC. The van der Waals surface area contributed by atoms with Gasteiger partial charge in [0.25, 0.3) is 0 Å². The summed E-state index contributed by atoms with van der Waals surface area (Å²) >= 11 is 0. The molecule has 8 heteroatoms. The van der Waals surface area contributed by atoms with Gasteiger partial charge in [-0.25, -0.2) is 0 Å². The molecule has 0 radical (unpaired) electrons. The topological polar surface area (TPSA) is 98.6 Å². The Morgan fingerprint density at radius 2 is 1.28 bits per heavy atom. The van der Waals surface area contributed by atoms with E-state index < -0.39 is 0 Å². The van der Waals surface area contributed by atoms with Crippen LogP contribution >= 0.6 is 0 Å². The largest absolute Gasteiger partial charge is 0.504 e. The minimum absolute atomic E-state index is 0.118. The average Bonchev–Trinajstić information content (AvgIpc) is 2.73. The third-order valence-corrected chi connectivity index (χ3v) is 5.20. The van der Waals surface area contributed by atoms with E-state index in [0.717, 1.165) is 29.7 Å². The van der Waals surface area contributed by atoms with Gasteiger partial charge in [-0.05, 0) is 42.6 Å². The predicted octanol–water partition coefficient (Wildman–Crippen LogP) is 2.57. The zero-order valence-electron chi connectivity index (χ0n) is 17.3. The maximum atomic E-state index is 10.0. The Kier molecular flexibility index (Phi) is 6.12. The van der Waals surface area contributed by atoms with Crippen LogP contribution in [0.3, 0.4) is 0 Å². The lowest BCUT2D eigenvalue weighted by atomic mass is 9.89. The Bertz CT molecular complexity index is 864. The van der Waals surface area contributed by atoms with Crippen LogP contribution in [0.4, 0.5) is 0 Å². The fourth-order valence-electron chi connectivity index (χ4n) is 3.91. The van der Waals surface area contributed by atoms with Crippen molar-refractivity contribution in [2.24, 2.45) is 0 Å². The number of rotatable bonds is 7. The Labute approximate surface area is 169 Å². The van der Waals surface area contributed by atoms with Crippen molar-refractivity contribution in [3.05, 3.63) is 28.8 Å². The molecule has 0 saturated carbocycles. The maximum Gasteiger partial charge on any atom is 0.211 e. The molecule has 1 aliphatic rings. The maximum absolute atomic E-state index is 10.0. The van der Waals surface area contributed by atoms with Gasteiger partial charge < -0.3 is 39.2 Å². The summed E-state index contributed by atoms with van der Waals surface area (Å²) in [4.78, 5) is 0. The van der Waals surface area contributed by atoms with E-state index in [1.54, 1.807) is 26.4 Å². The number of aromatic hydroxyl groups is 2. The van der Waals surface area contributed by atoms with Crippen molar-refractivity contribution >= 4 is 0 Å². The number of ether oxygens (including phenoxy) is 5. The van der Waals surface area contributed by atoms with Crippen molar-refractivity contribution in [3.8, 4) is 40.2 Å². The fourth-order valence-corrected chi connectivity index (χ4v) is 3.91. The van der Waals surface area contributed by atoms with Crippen LogP contribution in [-0.2, 0) is 12.8 Å². The van der Waals surface area contributed by atoms with Crippen LogP contribution in [0.15, 0.2) is 12.1 Å². The van der Waals surface area contributed by atoms with Gasteiger partial charge in [-0.1, -0.05) is 0 Å². The lowest BCUT2D eigenvalue weighted by Crippen LogP contribution is -2.31. The first kappa shape index (κ1) is 20.7. The van der Waals surface area contributed by atoms with E-state index in [9.17, 15) is 10.2 Å². The monoisotopic (exact) mass is 405 g/mol. The van der Waals surface area contributed by atoms with Gasteiger partial charge in [-0.3, -0.25) is 0 Å². The summed E-state index contributed by atoms with van der Waals surface area (Å²) in [6.45, 7) is 0.733. The molecule has 0 spiro atoms. The van der Waals surface area contributed by atoms with E-state index in [1.165, 1.54) is 21.3 Å². The molecule has 0 aliphatic carbocycles. The molecule has 1 atom stereocenters. The molecular formula is C21H27NO7. The number of phenols is 2. The number of hydrogen-bond acceptors (Lipinski definition) is 8. The van der Waals surface area contributed by atoms with Gasteiger partial charge in [0.2, 0.25) is 17.2 Å². The third kappa shape index (κ3) is 3.55. The number of hydrogen-bond donors (Lipinski definition) is 3.